The molecule has 8 heteroatoms. The van der Waals surface area contributed by atoms with Gasteiger partial charge in [-0.2, -0.15) is 0 Å². The predicted octanol–water partition coefficient (Wildman–Crippen LogP) is 8.61. The van der Waals surface area contributed by atoms with Gasteiger partial charge in [0, 0.05) is 47.3 Å². The molecule has 9 aromatic rings. The molecule has 0 saturated carbocycles. The Morgan fingerprint density at radius 1 is 0.312 bits per heavy atom. The highest BCUT2D eigenvalue weighted by molar-refractivity contribution is 5.80. The number of hydrogen-bond donors (Lipinski definition) is 0. The summed E-state index contributed by atoms with van der Waals surface area (Å²) in [6.45, 7) is 0. The second kappa shape index (κ2) is 11.5. The number of para-hydroxylation sites is 2. The van der Waals surface area contributed by atoms with Gasteiger partial charge in [0.15, 0.2) is 22.6 Å². The minimum Gasteiger partial charge on any atom is -0.275 e. The van der Waals surface area contributed by atoms with Crippen molar-refractivity contribution in [2.24, 2.45) is 0 Å². The number of benzene rings is 5. The van der Waals surface area contributed by atoms with E-state index in [1.807, 2.05) is 36.4 Å². The summed E-state index contributed by atoms with van der Waals surface area (Å²) in [5.74, 6) is 1.61. The minimum atomic E-state index is 0.618. The smallest absolute Gasteiger partial charge is 0.198 e. The highest BCUT2D eigenvalue weighted by Crippen LogP contribution is 2.32. The van der Waals surface area contributed by atoms with Crippen molar-refractivity contribution in [2.75, 3.05) is 0 Å². The number of hydrogen-bond acceptors (Lipinski definition) is 6. The average Bonchev–Trinajstić information content (AvgIpc) is 3.75. The molecule has 0 radical (unpaired) electrons. The third kappa shape index (κ3) is 4.80. The zero-order valence-electron chi connectivity index (χ0n) is 25.6. The molecule has 5 aromatic carbocycles. The molecule has 48 heavy (non-hydrogen) atoms. The molecule has 226 valence electrons. The maximum atomic E-state index is 4.84. The summed E-state index contributed by atoms with van der Waals surface area (Å²) in [6, 6.07) is 45.9. The van der Waals surface area contributed by atoms with Gasteiger partial charge in [0.1, 0.15) is 11.6 Å². The Morgan fingerprint density at radius 3 is 0.979 bits per heavy atom. The van der Waals surface area contributed by atoms with Gasteiger partial charge in [-0.25, -0.2) is 29.9 Å². The Kier molecular flexibility index (Phi) is 6.61. The van der Waals surface area contributed by atoms with E-state index in [2.05, 4.69) is 126 Å². The van der Waals surface area contributed by atoms with Crippen LogP contribution in [0, 0.1) is 0 Å². The van der Waals surface area contributed by atoms with E-state index >= 15 is 0 Å². The van der Waals surface area contributed by atoms with Crippen LogP contribution in [0.3, 0.4) is 0 Å². The fraction of sp³-hybridized carbons (Fsp3) is 0. The van der Waals surface area contributed by atoms with E-state index < -0.39 is 0 Å². The van der Waals surface area contributed by atoms with Crippen molar-refractivity contribution in [3.63, 3.8) is 0 Å². The monoisotopic (exact) mass is 618 g/mol. The summed E-state index contributed by atoms with van der Waals surface area (Å²) >= 11 is 0. The topological polar surface area (TPSA) is 87.2 Å². The summed E-state index contributed by atoms with van der Waals surface area (Å²) in [5, 5.41) is 0. The lowest BCUT2D eigenvalue weighted by molar-refractivity contribution is 1.08. The van der Waals surface area contributed by atoms with Gasteiger partial charge in [-0.05, 0) is 46.5 Å². The van der Waals surface area contributed by atoms with E-state index in [9.17, 15) is 0 Å². The standard InChI is InChI=1S/C40H26N8/c1-3-7-33(8-4-1)47-37(45-35-39(47)43-25-23-41-35)31-19-15-29(16-20-31)27-11-13-28(14-12-27)30-17-21-32(22-18-30)38-46-36-40(44-26-24-42-36)48(38)34-9-5-2-6-10-34/h1-26H. The Labute approximate surface area is 275 Å². The maximum Gasteiger partial charge on any atom is 0.198 e. The molecular weight excluding hydrogens is 592 g/mol. The largest absolute Gasteiger partial charge is 0.275 e. The first-order valence-corrected chi connectivity index (χ1v) is 15.6. The Bertz CT molecular complexity index is 2340. The van der Waals surface area contributed by atoms with E-state index in [1.54, 1.807) is 24.8 Å². The summed E-state index contributed by atoms with van der Waals surface area (Å²) in [5.41, 5.74) is 11.2. The van der Waals surface area contributed by atoms with Gasteiger partial charge in [0.2, 0.25) is 0 Å². The maximum absolute atomic E-state index is 4.84. The Balaban J connectivity index is 0.996. The van der Waals surface area contributed by atoms with Crippen molar-refractivity contribution >= 4 is 22.6 Å². The fourth-order valence-corrected chi connectivity index (χ4v) is 6.13. The highest BCUT2D eigenvalue weighted by Gasteiger charge is 2.17. The number of aromatic nitrogens is 8. The van der Waals surface area contributed by atoms with Crippen LogP contribution in [0.1, 0.15) is 0 Å². The van der Waals surface area contributed by atoms with Gasteiger partial charge in [-0.3, -0.25) is 9.13 Å². The Morgan fingerprint density at radius 2 is 0.625 bits per heavy atom. The quantitative estimate of drug-likeness (QED) is 0.185. The number of imidazole rings is 2. The predicted molar refractivity (Wildman–Crippen MR) is 189 cm³/mol. The molecule has 0 atom stereocenters. The zero-order valence-corrected chi connectivity index (χ0v) is 25.6. The molecule has 0 aliphatic heterocycles. The lowest BCUT2D eigenvalue weighted by Gasteiger charge is -2.10. The Hall–Kier alpha value is -6.80. The zero-order chi connectivity index (χ0) is 31.9. The normalized spacial score (nSPS) is 11.3. The van der Waals surface area contributed by atoms with E-state index in [4.69, 9.17) is 9.97 Å². The van der Waals surface area contributed by atoms with Gasteiger partial charge in [0.25, 0.3) is 0 Å². The van der Waals surface area contributed by atoms with Crippen LogP contribution in [-0.2, 0) is 0 Å². The first-order chi connectivity index (χ1) is 23.8. The molecule has 8 nitrogen and oxygen atoms in total. The van der Waals surface area contributed by atoms with Crippen LogP contribution in [0.15, 0.2) is 158 Å². The van der Waals surface area contributed by atoms with Crippen LogP contribution < -0.4 is 0 Å². The van der Waals surface area contributed by atoms with E-state index in [1.165, 1.54) is 0 Å². The van der Waals surface area contributed by atoms with Gasteiger partial charge in [-0.15, -0.1) is 0 Å². The van der Waals surface area contributed by atoms with Gasteiger partial charge in [0.05, 0.1) is 0 Å². The second-order valence-electron chi connectivity index (χ2n) is 11.4. The molecular formula is C40H26N8. The molecule has 0 fully saturated rings. The van der Waals surface area contributed by atoms with E-state index in [0.717, 1.165) is 67.7 Å². The van der Waals surface area contributed by atoms with Crippen molar-refractivity contribution < 1.29 is 0 Å². The summed E-state index contributed by atoms with van der Waals surface area (Å²) < 4.78 is 4.12. The number of nitrogens with zero attached hydrogens (tertiary/aromatic N) is 8. The molecule has 4 heterocycles. The number of fused-ring (bicyclic) bond motifs is 2. The van der Waals surface area contributed by atoms with Crippen LogP contribution in [-0.4, -0.2) is 39.0 Å². The van der Waals surface area contributed by atoms with Crippen LogP contribution >= 0.6 is 0 Å². The molecule has 0 amide bonds. The molecule has 9 rings (SSSR count). The van der Waals surface area contributed by atoms with Crippen LogP contribution in [0.25, 0.3) is 79.0 Å². The molecule has 0 aliphatic rings. The minimum absolute atomic E-state index is 0.618. The van der Waals surface area contributed by atoms with Crippen LogP contribution in [0.2, 0.25) is 0 Å². The van der Waals surface area contributed by atoms with Gasteiger partial charge < -0.3 is 0 Å². The van der Waals surface area contributed by atoms with Crippen LogP contribution in [0.4, 0.5) is 0 Å². The molecule has 0 bridgehead atoms. The number of rotatable bonds is 6. The molecule has 0 spiro atoms. The summed E-state index contributed by atoms with van der Waals surface area (Å²) in [6.07, 6.45) is 6.75. The van der Waals surface area contributed by atoms with Gasteiger partial charge >= 0.3 is 0 Å². The molecule has 0 saturated heterocycles. The summed E-state index contributed by atoms with van der Waals surface area (Å²) in [7, 11) is 0. The van der Waals surface area contributed by atoms with Crippen molar-refractivity contribution in [3.8, 4) is 56.4 Å². The van der Waals surface area contributed by atoms with Gasteiger partial charge in [-0.1, -0.05) is 109 Å². The van der Waals surface area contributed by atoms with E-state index in [-0.39, 0.29) is 0 Å². The molecule has 4 aromatic heterocycles. The summed E-state index contributed by atoms with van der Waals surface area (Å²) in [4.78, 5) is 27.7. The molecule has 0 N–H and O–H groups in total. The van der Waals surface area contributed by atoms with E-state index in [0.29, 0.717) is 11.3 Å². The average molecular weight is 619 g/mol. The fourth-order valence-electron chi connectivity index (χ4n) is 6.13. The van der Waals surface area contributed by atoms with Crippen LogP contribution in [0.5, 0.6) is 0 Å². The second-order valence-corrected chi connectivity index (χ2v) is 11.4. The van der Waals surface area contributed by atoms with Crippen molar-refractivity contribution in [2.45, 2.75) is 0 Å². The first kappa shape index (κ1) is 27.5. The SMILES string of the molecule is c1ccc(-n2c(-c3ccc(-c4ccc(-c5ccc(-c6nc7nccnc7n6-c6ccccc6)cc5)cc4)cc3)nc3nccnc32)cc1. The molecule has 0 unspecified atom stereocenters. The van der Waals surface area contributed by atoms with Crippen molar-refractivity contribution in [1.29, 1.82) is 0 Å². The lowest BCUT2D eigenvalue weighted by Crippen LogP contribution is -1.98. The van der Waals surface area contributed by atoms with Crippen molar-refractivity contribution in [3.05, 3.63) is 158 Å². The lowest BCUT2D eigenvalue weighted by atomic mass is 9.99. The highest BCUT2D eigenvalue weighted by atomic mass is 15.2. The third-order valence-electron chi connectivity index (χ3n) is 8.46. The molecule has 0 aliphatic carbocycles. The third-order valence-corrected chi connectivity index (χ3v) is 8.46. The first-order valence-electron chi connectivity index (χ1n) is 15.6. The van der Waals surface area contributed by atoms with Crippen molar-refractivity contribution in [1.82, 2.24) is 39.0 Å².